The lowest BCUT2D eigenvalue weighted by molar-refractivity contribution is 0.0678. The fourth-order valence-electron chi connectivity index (χ4n) is 2.89. The molecule has 1 aliphatic heterocycles. The minimum Gasteiger partial charge on any atom is -0.337 e. The first-order chi connectivity index (χ1) is 9.79. The maximum absolute atomic E-state index is 12.4. The molecule has 1 amide bonds. The molecule has 0 spiro atoms. The van der Waals surface area contributed by atoms with E-state index < -0.39 is 0 Å². The second kappa shape index (κ2) is 5.79. The van der Waals surface area contributed by atoms with E-state index >= 15 is 0 Å². The van der Waals surface area contributed by atoms with E-state index in [1.54, 1.807) is 11.3 Å². The number of likely N-dealkylation sites (tertiary alicyclic amines) is 1. The normalized spacial score (nSPS) is 19.2. The highest BCUT2D eigenvalue weighted by molar-refractivity contribution is 7.08. The Kier molecular flexibility index (Phi) is 3.87. The molecule has 106 valence electrons. The molecular formula is C15H19N3OS. The summed E-state index contributed by atoms with van der Waals surface area (Å²) in [5.74, 6) is 1.27. The Labute approximate surface area is 123 Å². The lowest BCUT2D eigenvalue weighted by atomic mass is 10.0. The number of amides is 1. The molecule has 0 aliphatic carbocycles. The lowest BCUT2D eigenvalue weighted by Gasteiger charge is -2.34. The van der Waals surface area contributed by atoms with Crippen LogP contribution in [0, 0.1) is 0 Å². The molecule has 1 aliphatic rings. The molecule has 0 aromatic carbocycles. The Morgan fingerprint density at radius 2 is 2.45 bits per heavy atom. The molecule has 2 aromatic heterocycles. The van der Waals surface area contributed by atoms with Gasteiger partial charge in [-0.15, -0.1) is 0 Å². The van der Waals surface area contributed by atoms with Crippen molar-refractivity contribution in [1.29, 1.82) is 0 Å². The predicted molar refractivity (Wildman–Crippen MR) is 80.1 cm³/mol. The van der Waals surface area contributed by atoms with E-state index in [2.05, 4.69) is 16.5 Å². The molecule has 1 saturated heterocycles. The molecule has 0 saturated carbocycles. The molecule has 0 bridgehead atoms. The van der Waals surface area contributed by atoms with Crippen molar-refractivity contribution in [3.8, 4) is 0 Å². The number of nitrogens with zero attached hydrogens (tertiary/aromatic N) is 3. The third-order valence-electron chi connectivity index (χ3n) is 3.91. The minimum atomic E-state index is 0.161. The minimum absolute atomic E-state index is 0.161. The standard InChI is InChI=1S/C15H19N3OS/c1-2-14-16-6-8-18(14)13-4-3-7-17(10-13)15(19)12-5-9-20-11-12/h5-6,8-9,11,13H,2-4,7,10H2,1H3/t13-/m1/s1. The summed E-state index contributed by atoms with van der Waals surface area (Å²) >= 11 is 1.57. The average Bonchev–Trinajstić information content (AvgIpc) is 3.17. The van der Waals surface area contributed by atoms with Crippen LogP contribution in [0.1, 0.15) is 42.0 Å². The molecule has 1 atom stereocenters. The molecular weight excluding hydrogens is 270 g/mol. The van der Waals surface area contributed by atoms with Crippen LogP contribution in [0.25, 0.3) is 0 Å². The van der Waals surface area contributed by atoms with Gasteiger partial charge >= 0.3 is 0 Å². The van der Waals surface area contributed by atoms with Crippen molar-refractivity contribution in [2.24, 2.45) is 0 Å². The van der Waals surface area contributed by atoms with E-state index in [1.807, 2.05) is 34.1 Å². The molecule has 1 fully saturated rings. The predicted octanol–water partition coefficient (Wildman–Crippen LogP) is 2.98. The zero-order valence-electron chi connectivity index (χ0n) is 11.7. The molecule has 0 N–H and O–H groups in total. The Hall–Kier alpha value is -1.62. The van der Waals surface area contributed by atoms with Crippen molar-refractivity contribution in [3.05, 3.63) is 40.6 Å². The highest BCUT2D eigenvalue weighted by Crippen LogP contribution is 2.24. The van der Waals surface area contributed by atoms with Crippen molar-refractivity contribution < 1.29 is 4.79 Å². The van der Waals surface area contributed by atoms with Crippen LogP contribution in [-0.2, 0) is 6.42 Å². The first-order valence-corrected chi connectivity index (χ1v) is 8.07. The smallest absolute Gasteiger partial charge is 0.254 e. The van der Waals surface area contributed by atoms with Gasteiger partial charge in [0, 0.05) is 37.3 Å². The van der Waals surface area contributed by atoms with Crippen molar-refractivity contribution in [3.63, 3.8) is 0 Å². The zero-order valence-corrected chi connectivity index (χ0v) is 12.5. The first kappa shape index (κ1) is 13.4. The second-order valence-electron chi connectivity index (χ2n) is 5.16. The highest BCUT2D eigenvalue weighted by atomic mass is 32.1. The van der Waals surface area contributed by atoms with Gasteiger partial charge in [0.25, 0.3) is 5.91 Å². The Morgan fingerprint density at radius 1 is 1.55 bits per heavy atom. The summed E-state index contributed by atoms with van der Waals surface area (Å²) in [6, 6.07) is 2.27. The zero-order chi connectivity index (χ0) is 13.9. The van der Waals surface area contributed by atoms with Crippen LogP contribution < -0.4 is 0 Å². The second-order valence-corrected chi connectivity index (χ2v) is 5.94. The lowest BCUT2D eigenvalue weighted by Crippen LogP contribution is -2.40. The van der Waals surface area contributed by atoms with Gasteiger partial charge in [-0.25, -0.2) is 4.98 Å². The van der Waals surface area contributed by atoms with Crippen molar-refractivity contribution in [1.82, 2.24) is 14.5 Å². The molecule has 20 heavy (non-hydrogen) atoms. The highest BCUT2D eigenvalue weighted by Gasteiger charge is 2.26. The number of piperidine rings is 1. The van der Waals surface area contributed by atoms with Crippen LogP contribution in [0.2, 0.25) is 0 Å². The molecule has 0 unspecified atom stereocenters. The van der Waals surface area contributed by atoms with Crippen LogP contribution in [0.15, 0.2) is 29.2 Å². The number of hydrogen-bond acceptors (Lipinski definition) is 3. The van der Waals surface area contributed by atoms with Crippen LogP contribution >= 0.6 is 11.3 Å². The van der Waals surface area contributed by atoms with Gasteiger partial charge in [-0.1, -0.05) is 6.92 Å². The number of carbonyl (C=O) groups excluding carboxylic acids is 1. The molecule has 0 radical (unpaired) electrons. The number of thiophene rings is 1. The SMILES string of the molecule is CCc1nccn1[C@@H]1CCCN(C(=O)c2ccsc2)C1. The number of carbonyl (C=O) groups is 1. The van der Waals surface area contributed by atoms with Gasteiger partial charge in [-0.3, -0.25) is 4.79 Å². The summed E-state index contributed by atoms with van der Waals surface area (Å²) in [6.07, 6.45) is 7.02. The molecule has 3 heterocycles. The van der Waals surface area contributed by atoms with Crippen LogP contribution in [0.3, 0.4) is 0 Å². The number of rotatable bonds is 3. The quantitative estimate of drug-likeness (QED) is 0.871. The summed E-state index contributed by atoms with van der Waals surface area (Å²) in [4.78, 5) is 18.8. The van der Waals surface area contributed by atoms with Crippen LogP contribution in [0.4, 0.5) is 0 Å². The first-order valence-electron chi connectivity index (χ1n) is 7.12. The molecule has 3 rings (SSSR count). The van der Waals surface area contributed by atoms with E-state index in [9.17, 15) is 4.79 Å². The molecule has 4 nitrogen and oxygen atoms in total. The average molecular weight is 289 g/mol. The largest absolute Gasteiger partial charge is 0.337 e. The van der Waals surface area contributed by atoms with Gasteiger partial charge in [-0.05, 0) is 24.3 Å². The summed E-state index contributed by atoms with van der Waals surface area (Å²) in [5, 5.41) is 3.89. The van der Waals surface area contributed by atoms with Gasteiger partial charge in [-0.2, -0.15) is 11.3 Å². The molecule has 2 aromatic rings. The maximum Gasteiger partial charge on any atom is 0.254 e. The van der Waals surface area contributed by atoms with Gasteiger partial charge in [0.15, 0.2) is 0 Å². The topological polar surface area (TPSA) is 38.1 Å². The number of hydrogen-bond donors (Lipinski definition) is 0. The summed E-state index contributed by atoms with van der Waals surface area (Å²) in [6.45, 7) is 3.77. The van der Waals surface area contributed by atoms with Gasteiger partial charge in [0.2, 0.25) is 0 Å². The van der Waals surface area contributed by atoms with E-state index in [0.29, 0.717) is 6.04 Å². The van der Waals surface area contributed by atoms with Gasteiger partial charge < -0.3 is 9.47 Å². The Morgan fingerprint density at radius 3 is 3.20 bits per heavy atom. The van der Waals surface area contributed by atoms with Crippen molar-refractivity contribution >= 4 is 17.2 Å². The molecule has 5 heteroatoms. The number of aromatic nitrogens is 2. The fourth-order valence-corrected chi connectivity index (χ4v) is 3.51. The summed E-state index contributed by atoms with van der Waals surface area (Å²) in [7, 11) is 0. The van der Waals surface area contributed by atoms with E-state index in [4.69, 9.17) is 0 Å². The third-order valence-corrected chi connectivity index (χ3v) is 4.59. The van der Waals surface area contributed by atoms with E-state index in [-0.39, 0.29) is 5.91 Å². The number of aryl methyl sites for hydroxylation is 1. The van der Waals surface area contributed by atoms with E-state index in [0.717, 1.165) is 43.7 Å². The third kappa shape index (κ3) is 2.50. The van der Waals surface area contributed by atoms with Crippen LogP contribution in [0.5, 0.6) is 0 Å². The Bertz CT molecular complexity index is 576. The van der Waals surface area contributed by atoms with E-state index in [1.165, 1.54) is 0 Å². The Balaban J connectivity index is 1.75. The van der Waals surface area contributed by atoms with Gasteiger partial charge in [0.05, 0.1) is 11.6 Å². The van der Waals surface area contributed by atoms with Gasteiger partial charge in [0.1, 0.15) is 5.82 Å². The maximum atomic E-state index is 12.4. The van der Waals surface area contributed by atoms with Crippen molar-refractivity contribution in [2.75, 3.05) is 13.1 Å². The summed E-state index contributed by atoms with van der Waals surface area (Å²) < 4.78 is 2.24. The summed E-state index contributed by atoms with van der Waals surface area (Å²) in [5.41, 5.74) is 0.817. The van der Waals surface area contributed by atoms with Crippen molar-refractivity contribution in [2.45, 2.75) is 32.2 Å². The van der Waals surface area contributed by atoms with Crippen LogP contribution in [-0.4, -0.2) is 33.4 Å². The number of imidazole rings is 1. The fraction of sp³-hybridized carbons (Fsp3) is 0.467. The monoisotopic (exact) mass is 289 g/mol.